The van der Waals surface area contributed by atoms with Crippen LogP contribution in [0.5, 0.6) is 0 Å². The predicted molar refractivity (Wildman–Crippen MR) is 36.8 cm³/mol. The monoisotopic (exact) mass is 147 g/mol. The second kappa shape index (κ2) is 6.51. The van der Waals surface area contributed by atoms with Gasteiger partial charge in [-0.2, -0.15) is 0 Å². The molecule has 0 aliphatic rings. The van der Waals surface area contributed by atoms with Crippen molar-refractivity contribution in [1.82, 2.24) is 5.32 Å². The number of nitrogens with one attached hydrogen (secondary N) is 1. The van der Waals surface area contributed by atoms with Crippen LogP contribution in [0.25, 0.3) is 0 Å². The van der Waals surface area contributed by atoms with Crippen molar-refractivity contribution in [3.05, 3.63) is 0 Å². The molecular formula is C6H13NO3. The highest BCUT2D eigenvalue weighted by molar-refractivity contribution is 5.71. The van der Waals surface area contributed by atoms with Gasteiger partial charge in [0.25, 0.3) is 0 Å². The molecule has 0 aromatic heterocycles. The van der Waals surface area contributed by atoms with E-state index in [0.29, 0.717) is 13.2 Å². The zero-order chi connectivity index (χ0) is 7.82. The average molecular weight is 147 g/mol. The fraction of sp³-hybridized carbons (Fsp3) is 0.833. The van der Waals surface area contributed by atoms with Crippen LogP contribution >= 0.6 is 0 Å². The number of likely N-dealkylation sites (N-methyl/N-ethyl adjacent to an activating group) is 1. The average Bonchev–Trinajstić information content (AvgIpc) is 1.89. The van der Waals surface area contributed by atoms with Crippen molar-refractivity contribution in [1.29, 1.82) is 0 Å². The normalized spacial score (nSPS) is 9.40. The third kappa shape index (κ3) is 5.53. The van der Waals surface area contributed by atoms with E-state index in [1.807, 2.05) is 0 Å². The van der Waals surface area contributed by atoms with E-state index in [1.165, 1.54) is 0 Å². The molecule has 0 atom stereocenters. The number of rotatable bonds is 5. The highest BCUT2D eigenvalue weighted by Gasteiger charge is 1.97. The highest BCUT2D eigenvalue weighted by atomic mass is 16.6. The van der Waals surface area contributed by atoms with E-state index in [0.717, 1.165) is 0 Å². The lowest BCUT2D eigenvalue weighted by Crippen LogP contribution is -2.22. The summed E-state index contributed by atoms with van der Waals surface area (Å²) >= 11 is 0. The van der Waals surface area contributed by atoms with E-state index >= 15 is 0 Å². The topological polar surface area (TPSA) is 47.6 Å². The fourth-order valence-electron chi connectivity index (χ4n) is 0.434. The van der Waals surface area contributed by atoms with Crippen molar-refractivity contribution in [2.24, 2.45) is 0 Å². The van der Waals surface area contributed by atoms with E-state index in [9.17, 15) is 4.79 Å². The van der Waals surface area contributed by atoms with Crippen LogP contribution in [0.4, 0.5) is 0 Å². The molecule has 60 valence electrons. The van der Waals surface area contributed by atoms with Crippen molar-refractivity contribution < 1.29 is 14.3 Å². The first-order valence-corrected chi connectivity index (χ1v) is 3.10. The van der Waals surface area contributed by atoms with Gasteiger partial charge >= 0.3 is 5.97 Å². The van der Waals surface area contributed by atoms with Crippen molar-refractivity contribution in [2.75, 3.05) is 33.9 Å². The number of methoxy groups -OCH3 is 1. The molecule has 0 amide bonds. The zero-order valence-corrected chi connectivity index (χ0v) is 6.35. The second-order valence-corrected chi connectivity index (χ2v) is 1.74. The third-order valence-corrected chi connectivity index (χ3v) is 0.872. The molecule has 1 N–H and O–H groups in total. The lowest BCUT2D eigenvalue weighted by Gasteiger charge is -2.01. The van der Waals surface area contributed by atoms with Gasteiger partial charge in [-0.25, -0.2) is 0 Å². The Bertz CT molecular complexity index is 95.0. The van der Waals surface area contributed by atoms with Gasteiger partial charge in [0, 0.05) is 7.11 Å². The number of ether oxygens (including phenoxy) is 2. The van der Waals surface area contributed by atoms with Gasteiger partial charge in [0.2, 0.25) is 0 Å². The van der Waals surface area contributed by atoms with Crippen LogP contribution in [-0.4, -0.2) is 39.9 Å². The number of hydrogen-bond acceptors (Lipinski definition) is 4. The SMILES string of the molecule is CNCC(=O)OCCOC. The zero-order valence-electron chi connectivity index (χ0n) is 6.35. The van der Waals surface area contributed by atoms with Crippen LogP contribution in [-0.2, 0) is 14.3 Å². The Balaban J connectivity index is 3.05. The number of hydrogen-bond donors (Lipinski definition) is 1. The molecule has 4 nitrogen and oxygen atoms in total. The minimum absolute atomic E-state index is 0.250. The van der Waals surface area contributed by atoms with Crippen molar-refractivity contribution in [3.63, 3.8) is 0 Å². The lowest BCUT2D eigenvalue weighted by atomic mass is 10.6. The summed E-state index contributed by atoms with van der Waals surface area (Å²) in [6, 6.07) is 0. The molecule has 0 aliphatic carbocycles. The maximum atomic E-state index is 10.6. The summed E-state index contributed by atoms with van der Waals surface area (Å²) < 4.78 is 9.37. The smallest absolute Gasteiger partial charge is 0.319 e. The van der Waals surface area contributed by atoms with Crippen molar-refractivity contribution >= 4 is 5.97 Å². The molecule has 0 unspecified atom stereocenters. The molecule has 0 radical (unpaired) electrons. The summed E-state index contributed by atoms with van der Waals surface area (Å²) in [6.07, 6.45) is 0. The third-order valence-electron chi connectivity index (χ3n) is 0.872. The van der Waals surface area contributed by atoms with Gasteiger partial charge in [-0.1, -0.05) is 0 Å². The Hall–Kier alpha value is -0.610. The Labute approximate surface area is 60.5 Å². The van der Waals surface area contributed by atoms with E-state index in [2.05, 4.69) is 10.1 Å². The van der Waals surface area contributed by atoms with Crippen LogP contribution in [0.3, 0.4) is 0 Å². The summed E-state index contributed by atoms with van der Waals surface area (Å²) in [7, 11) is 3.25. The number of esters is 1. The summed E-state index contributed by atoms with van der Waals surface area (Å²) in [6.45, 7) is 1.04. The quantitative estimate of drug-likeness (QED) is 0.416. The molecule has 0 bridgehead atoms. The number of carbonyl (C=O) groups is 1. The first-order chi connectivity index (χ1) is 4.81. The highest BCUT2D eigenvalue weighted by Crippen LogP contribution is 1.76. The summed E-state index contributed by atoms with van der Waals surface area (Å²) in [4.78, 5) is 10.6. The van der Waals surface area contributed by atoms with Gasteiger partial charge in [-0.05, 0) is 7.05 Å². The van der Waals surface area contributed by atoms with Crippen LogP contribution in [0.1, 0.15) is 0 Å². The van der Waals surface area contributed by atoms with Crippen molar-refractivity contribution in [3.8, 4) is 0 Å². The molecule has 0 heterocycles. The van der Waals surface area contributed by atoms with Gasteiger partial charge in [0.05, 0.1) is 13.2 Å². The summed E-state index contributed by atoms with van der Waals surface area (Å²) in [5, 5.41) is 2.68. The van der Waals surface area contributed by atoms with E-state index in [4.69, 9.17) is 4.74 Å². The Morgan fingerprint density at radius 2 is 2.20 bits per heavy atom. The molecule has 0 rings (SSSR count). The Morgan fingerprint density at radius 1 is 1.50 bits per heavy atom. The Morgan fingerprint density at radius 3 is 2.70 bits per heavy atom. The summed E-state index contributed by atoms with van der Waals surface area (Å²) in [5.41, 5.74) is 0. The van der Waals surface area contributed by atoms with Crippen molar-refractivity contribution in [2.45, 2.75) is 0 Å². The molecular weight excluding hydrogens is 134 g/mol. The fourth-order valence-corrected chi connectivity index (χ4v) is 0.434. The van der Waals surface area contributed by atoms with E-state index in [-0.39, 0.29) is 12.5 Å². The second-order valence-electron chi connectivity index (χ2n) is 1.74. The molecule has 0 aromatic rings. The van der Waals surface area contributed by atoms with E-state index in [1.54, 1.807) is 14.2 Å². The van der Waals surface area contributed by atoms with Crippen LogP contribution in [0.2, 0.25) is 0 Å². The minimum Gasteiger partial charge on any atom is -0.462 e. The predicted octanol–water partition coefficient (Wildman–Crippen LogP) is -0.605. The maximum absolute atomic E-state index is 10.6. The minimum atomic E-state index is -0.250. The standard InChI is InChI=1S/C6H13NO3/c1-7-5-6(8)10-4-3-9-2/h7H,3-5H2,1-2H3. The van der Waals surface area contributed by atoms with Crippen LogP contribution in [0.15, 0.2) is 0 Å². The first kappa shape index (κ1) is 9.39. The molecule has 0 spiro atoms. The van der Waals surface area contributed by atoms with Gasteiger partial charge < -0.3 is 14.8 Å². The molecule has 0 saturated carbocycles. The molecule has 0 aromatic carbocycles. The lowest BCUT2D eigenvalue weighted by molar-refractivity contribution is -0.143. The molecule has 0 fully saturated rings. The molecule has 0 saturated heterocycles. The van der Waals surface area contributed by atoms with Gasteiger partial charge in [0.1, 0.15) is 6.61 Å². The van der Waals surface area contributed by atoms with Crippen LogP contribution < -0.4 is 5.32 Å². The summed E-state index contributed by atoms with van der Waals surface area (Å²) in [5.74, 6) is -0.250. The van der Waals surface area contributed by atoms with E-state index < -0.39 is 0 Å². The van der Waals surface area contributed by atoms with Crippen LogP contribution in [0, 0.1) is 0 Å². The Kier molecular flexibility index (Phi) is 6.11. The molecule has 4 heteroatoms. The largest absolute Gasteiger partial charge is 0.462 e. The first-order valence-electron chi connectivity index (χ1n) is 3.10. The van der Waals surface area contributed by atoms with Gasteiger partial charge in [-0.15, -0.1) is 0 Å². The number of carbonyl (C=O) groups excluding carboxylic acids is 1. The molecule has 10 heavy (non-hydrogen) atoms. The molecule has 0 aliphatic heterocycles. The van der Waals surface area contributed by atoms with Gasteiger partial charge in [-0.3, -0.25) is 4.79 Å². The maximum Gasteiger partial charge on any atom is 0.319 e. The van der Waals surface area contributed by atoms with Gasteiger partial charge in [0.15, 0.2) is 0 Å².